The van der Waals surface area contributed by atoms with Gasteiger partial charge in [0.2, 0.25) is 5.91 Å². The fourth-order valence-corrected chi connectivity index (χ4v) is 1.65. The average molecular weight is 239 g/mol. The van der Waals surface area contributed by atoms with E-state index in [-0.39, 0.29) is 18.5 Å². The second-order valence-electron chi connectivity index (χ2n) is 4.29. The van der Waals surface area contributed by atoms with Crippen molar-refractivity contribution in [3.63, 3.8) is 0 Å². The van der Waals surface area contributed by atoms with Crippen LogP contribution in [0.15, 0.2) is 6.20 Å². The summed E-state index contributed by atoms with van der Waals surface area (Å²) in [5.74, 6) is 0.0651. The summed E-state index contributed by atoms with van der Waals surface area (Å²) < 4.78 is 1.54. The first kappa shape index (κ1) is 13.6. The van der Waals surface area contributed by atoms with Crippen LogP contribution in [-0.4, -0.2) is 38.4 Å². The lowest BCUT2D eigenvalue weighted by atomic mass is 10.3. The van der Waals surface area contributed by atoms with E-state index < -0.39 is 0 Å². The van der Waals surface area contributed by atoms with Crippen molar-refractivity contribution in [2.24, 2.45) is 5.73 Å². The number of aromatic nitrogens is 3. The van der Waals surface area contributed by atoms with Gasteiger partial charge in [-0.15, -0.1) is 5.10 Å². The van der Waals surface area contributed by atoms with Crippen molar-refractivity contribution in [3.8, 4) is 0 Å². The van der Waals surface area contributed by atoms with Gasteiger partial charge in [0.25, 0.3) is 0 Å². The van der Waals surface area contributed by atoms with Crippen LogP contribution in [0.25, 0.3) is 0 Å². The van der Waals surface area contributed by atoms with Gasteiger partial charge in [-0.2, -0.15) is 0 Å². The molecule has 0 saturated heterocycles. The standard InChI is InChI=1S/C11H21N5O/c1-4-5-16(9(2)3)11(17)8-15-7-10(6-12)13-14-15/h7,9H,4-6,8,12H2,1-3H3. The van der Waals surface area contributed by atoms with Crippen molar-refractivity contribution in [3.05, 3.63) is 11.9 Å². The van der Waals surface area contributed by atoms with Gasteiger partial charge in [-0.05, 0) is 20.3 Å². The highest BCUT2D eigenvalue weighted by molar-refractivity contribution is 5.76. The van der Waals surface area contributed by atoms with Crippen LogP contribution in [0, 0.1) is 0 Å². The third-order valence-corrected chi connectivity index (χ3v) is 2.50. The Hall–Kier alpha value is -1.43. The average Bonchev–Trinajstić information content (AvgIpc) is 2.72. The first-order chi connectivity index (χ1) is 8.08. The van der Waals surface area contributed by atoms with Crippen molar-refractivity contribution in [2.75, 3.05) is 6.54 Å². The first-order valence-electron chi connectivity index (χ1n) is 5.97. The van der Waals surface area contributed by atoms with E-state index in [0.29, 0.717) is 12.2 Å². The summed E-state index contributed by atoms with van der Waals surface area (Å²) in [4.78, 5) is 13.9. The van der Waals surface area contributed by atoms with E-state index in [2.05, 4.69) is 17.2 Å². The third-order valence-electron chi connectivity index (χ3n) is 2.50. The van der Waals surface area contributed by atoms with Crippen molar-refractivity contribution < 1.29 is 4.79 Å². The number of nitrogens with zero attached hydrogens (tertiary/aromatic N) is 4. The van der Waals surface area contributed by atoms with E-state index in [1.54, 1.807) is 6.20 Å². The zero-order valence-electron chi connectivity index (χ0n) is 10.8. The number of rotatable bonds is 6. The van der Waals surface area contributed by atoms with Crippen LogP contribution >= 0.6 is 0 Å². The molecule has 0 unspecified atom stereocenters. The largest absolute Gasteiger partial charge is 0.339 e. The molecule has 0 aliphatic rings. The third kappa shape index (κ3) is 3.81. The molecule has 0 aliphatic heterocycles. The summed E-state index contributed by atoms with van der Waals surface area (Å²) in [6.45, 7) is 7.43. The molecule has 17 heavy (non-hydrogen) atoms. The van der Waals surface area contributed by atoms with E-state index in [1.807, 2.05) is 18.7 Å². The second kappa shape index (κ2) is 6.34. The van der Waals surface area contributed by atoms with Gasteiger partial charge in [0.15, 0.2) is 0 Å². The molecule has 1 heterocycles. The van der Waals surface area contributed by atoms with Gasteiger partial charge in [0, 0.05) is 19.1 Å². The highest BCUT2D eigenvalue weighted by atomic mass is 16.2. The second-order valence-corrected chi connectivity index (χ2v) is 4.29. The fourth-order valence-electron chi connectivity index (χ4n) is 1.65. The van der Waals surface area contributed by atoms with Crippen LogP contribution < -0.4 is 5.73 Å². The highest BCUT2D eigenvalue weighted by Crippen LogP contribution is 2.02. The van der Waals surface area contributed by atoms with Crippen LogP contribution in [0.1, 0.15) is 32.9 Å². The molecular formula is C11H21N5O. The molecule has 0 aromatic carbocycles. The van der Waals surface area contributed by atoms with E-state index in [4.69, 9.17) is 5.73 Å². The van der Waals surface area contributed by atoms with Crippen molar-refractivity contribution in [1.82, 2.24) is 19.9 Å². The van der Waals surface area contributed by atoms with Crippen molar-refractivity contribution in [2.45, 2.75) is 46.3 Å². The van der Waals surface area contributed by atoms with Gasteiger partial charge < -0.3 is 10.6 Å². The van der Waals surface area contributed by atoms with Crippen LogP contribution in [0.5, 0.6) is 0 Å². The number of hydrogen-bond acceptors (Lipinski definition) is 4. The minimum absolute atomic E-state index is 0.0651. The number of hydrogen-bond donors (Lipinski definition) is 1. The minimum atomic E-state index is 0.0651. The lowest BCUT2D eigenvalue weighted by Gasteiger charge is -2.26. The molecule has 1 aromatic heterocycles. The van der Waals surface area contributed by atoms with Gasteiger partial charge in [-0.1, -0.05) is 12.1 Å². The predicted molar refractivity (Wildman–Crippen MR) is 65.1 cm³/mol. The summed E-state index contributed by atoms with van der Waals surface area (Å²) in [6, 6.07) is 0.208. The Morgan fingerprint density at radius 3 is 2.76 bits per heavy atom. The normalized spacial score (nSPS) is 10.9. The number of amides is 1. The Bertz CT molecular complexity index is 360. The molecule has 1 amide bonds. The summed E-state index contributed by atoms with van der Waals surface area (Å²) in [5, 5.41) is 7.72. The fraction of sp³-hybridized carbons (Fsp3) is 0.727. The number of carbonyl (C=O) groups excluding carboxylic acids is 1. The molecule has 0 atom stereocenters. The topological polar surface area (TPSA) is 77.0 Å². The Labute approximate surface area is 102 Å². The molecule has 1 rings (SSSR count). The van der Waals surface area contributed by atoms with Crippen molar-refractivity contribution >= 4 is 5.91 Å². The smallest absolute Gasteiger partial charge is 0.244 e. The summed E-state index contributed by atoms with van der Waals surface area (Å²) >= 11 is 0. The van der Waals surface area contributed by atoms with Gasteiger partial charge >= 0.3 is 0 Å². The van der Waals surface area contributed by atoms with Gasteiger partial charge in [0.1, 0.15) is 6.54 Å². The maximum atomic E-state index is 12.0. The Morgan fingerprint density at radius 2 is 2.29 bits per heavy atom. The molecule has 0 spiro atoms. The van der Waals surface area contributed by atoms with Crippen LogP contribution in [0.2, 0.25) is 0 Å². The maximum Gasteiger partial charge on any atom is 0.244 e. The number of carbonyl (C=O) groups is 1. The van der Waals surface area contributed by atoms with E-state index >= 15 is 0 Å². The van der Waals surface area contributed by atoms with Crippen LogP contribution in [0.3, 0.4) is 0 Å². The Morgan fingerprint density at radius 1 is 1.59 bits per heavy atom. The number of nitrogens with two attached hydrogens (primary N) is 1. The SMILES string of the molecule is CCCN(C(=O)Cn1cc(CN)nn1)C(C)C. The zero-order chi connectivity index (χ0) is 12.8. The molecule has 0 fully saturated rings. The highest BCUT2D eigenvalue weighted by Gasteiger charge is 2.16. The molecule has 0 saturated carbocycles. The first-order valence-corrected chi connectivity index (χ1v) is 5.97. The van der Waals surface area contributed by atoms with Gasteiger partial charge in [-0.25, -0.2) is 4.68 Å². The Balaban J connectivity index is 2.62. The van der Waals surface area contributed by atoms with E-state index in [9.17, 15) is 4.79 Å². The van der Waals surface area contributed by atoms with Crippen LogP contribution in [-0.2, 0) is 17.9 Å². The zero-order valence-corrected chi connectivity index (χ0v) is 10.8. The monoisotopic (exact) mass is 239 g/mol. The lowest BCUT2D eigenvalue weighted by molar-refractivity contribution is -0.133. The predicted octanol–water partition coefficient (Wildman–Crippen LogP) is 0.384. The van der Waals surface area contributed by atoms with Gasteiger partial charge in [0.05, 0.1) is 11.9 Å². The minimum Gasteiger partial charge on any atom is -0.339 e. The molecule has 96 valence electrons. The van der Waals surface area contributed by atoms with E-state index in [0.717, 1.165) is 13.0 Å². The summed E-state index contributed by atoms with van der Waals surface area (Å²) in [6.07, 6.45) is 2.66. The lowest BCUT2D eigenvalue weighted by Crippen LogP contribution is -2.39. The Kier molecular flexibility index (Phi) is 5.09. The van der Waals surface area contributed by atoms with Gasteiger partial charge in [-0.3, -0.25) is 4.79 Å². The molecular weight excluding hydrogens is 218 g/mol. The maximum absolute atomic E-state index is 12.0. The summed E-state index contributed by atoms with van der Waals surface area (Å²) in [5.41, 5.74) is 6.14. The summed E-state index contributed by atoms with van der Waals surface area (Å²) in [7, 11) is 0. The van der Waals surface area contributed by atoms with Crippen molar-refractivity contribution in [1.29, 1.82) is 0 Å². The molecule has 0 aliphatic carbocycles. The quantitative estimate of drug-likeness (QED) is 0.778. The van der Waals surface area contributed by atoms with E-state index in [1.165, 1.54) is 4.68 Å². The van der Waals surface area contributed by atoms with Crippen LogP contribution in [0.4, 0.5) is 0 Å². The molecule has 0 radical (unpaired) electrons. The molecule has 6 nitrogen and oxygen atoms in total. The molecule has 1 aromatic rings. The molecule has 0 bridgehead atoms. The molecule has 2 N–H and O–H groups in total. The molecule has 6 heteroatoms.